The van der Waals surface area contributed by atoms with E-state index in [0.29, 0.717) is 11.3 Å². The van der Waals surface area contributed by atoms with Crippen molar-refractivity contribution in [2.45, 2.75) is 0 Å². The molecule has 45 heavy (non-hydrogen) atoms. The first-order valence-electron chi connectivity index (χ1n) is 14.0. The van der Waals surface area contributed by atoms with Gasteiger partial charge in [-0.3, -0.25) is 15.0 Å². The average molecular weight is 763 g/mol. The van der Waals surface area contributed by atoms with Crippen LogP contribution in [0.1, 0.15) is 0 Å². The number of hydrogen-bond acceptors (Lipinski definition) is 7. The predicted octanol–water partition coefficient (Wildman–Crippen LogP) is 8.42. The number of para-hydroxylation sites is 1. The zero-order valence-corrected chi connectivity index (χ0v) is 26.1. The van der Waals surface area contributed by atoms with E-state index in [0.717, 1.165) is 56.0 Å². The van der Waals surface area contributed by atoms with Crippen molar-refractivity contribution in [1.82, 2.24) is 24.9 Å². The standard InChI is InChI=1S/C21H13N3O.C16H11N2O.Ir/c1-2-10-19-14(7-1)15-13-18(16-8-3-5-11-22-16)24-20(21(15)25-19)17-9-4-6-12-23-17;19-16-13(8-5-11-17-16)15-10-4-9-14(18-15)12-6-2-1-3-7-12;/h1-13H;1-6,8-11H,(H,17,19);/q;-1;. The Bertz CT molecular complexity index is 2190. The largest absolute Gasteiger partial charge is 0.493 e. The van der Waals surface area contributed by atoms with E-state index >= 15 is 0 Å². The summed E-state index contributed by atoms with van der Waals surface area (Å²) in [6.45, 7) is 0. The molecule has 0 bridgehead atoms. The van der Waals surface area contributed by atoms with Gasteiger partial charge in [-0.15, -0.1) is 35.9 Å². The van der Waals surface area contributed by atoms with Gasteiger partial charge in [0.2, 0.25) is 5.88 Å². The third kappa shape index (κ3) is 6.24. The Balaban J connectivity index is 0.000000161. The molecular weight excluding hydrogens is 739 g/mol. The molecule has 0 fully saturated rings. The smallest absolute Gasteiger partial charge is 0.220 e. The number of aromatic nitrogens is 5. The Kier molecular flexibility index (Phi) is 8.78. The van der Waals surface area contributed by atoms with E-state index < -0.39 is 0 Å². The molecule has 1 radical (unpaired) electrons. The minimum absolute atomic E-state index is 0. The summed E-state index contributed by atoms with van der Waals surface area (Å²) in [6.07, 6.45) is 5.09. The number of fused-ring (bicyclic) bond motifs is 3. The molecule has 6 heterocycles. The molecule has 8 rings (SSSR count). The molecule has 219 valence electrons. The number of aromatic hydroxyl groups is 1. The maximum Gasteiger partial charge on any atom is 0.220 e. The van der Waals surface area contributed by atoms with Crippen molar-refractivity contribution < 1.29 is 29.6 Å². The molecule has 0 aliphatic heterocycles. The van der Waals surface area contributed by atoms with E-state index in [9.17, 15) is 5.11 Å². The summed E-state index contributed by atoms with van der Waals surface area (Å²) in [5.74, 6) is -0.0100. The van der Waals surface area contributed by atoms with Crippen LogP contribution in [0.3, 0.4) is 0 Å². The molecule has 7 nitrogen and oxygen atoms in total. The van der Waals surface area contributed by atoms with Crippen LogP contribution in [0.2, 0.25) is 0 Å². The first kappa shape index (κ1) is 29.5. The van der Waals surface area contributed by atoms with Gasteiger partial charge in [0.15, 0.2) is 5.58 Å². The van der Waals surface area contributed by atoms with Crippen LogP contribution in [0.25, 0.3) is 67.2 Å². The molecule has 8 heteroatoms. The number of furan rings is 1. The van der Waals surface area contributed by atoms with E-state index in [2.05, 4.69) is 32.1 Å². The van der Waals surface area contributed by atoms with Crippen LogP contribution in [0.5, 0.6) is 5.88 Å². The van der Waals surface area contributed by atoms with Gasteiger partial charge in [0.1, 0.15) is 11.3 Å². The quantitative estimate of drug-likeness (QED) is 0.180. The second kappa shape index (κ2) is 13.4. The molecule has 2 aromatic carbocycles. The third-order valence-electron chi connectivity index (χ3n) is 6.99. The Morgan fingerprint density at radius 1 is 0.556 bits per heavy atom. The molecular formula is C37H24IrN5O2-. The maximum atomic E-state index is 9.77. The van der Waals surface area contributed by atoms with Crippen LogP contribution in [-0.2, 0) is 20.1 Å². The number of rotatable bonds is 4. The SMILES string of the molecule is Oc1ncccc1-c1cccc(-c2[c-]cccc2)n1.[Ir].c1ccc(-c2cc3c(oc4ccccc43)c(-c3ccccn3)n2)nc1. The van der Waals surface area contributed by atoms with E-state index in [4.69, 9.17) is 9.40 Å². The summed E-state index contributed by atoms with van der Waals surface area (Å²) in [5.41, 5.74) is 7.80. The van der Waals surface area contributed by atoms with Gasteiger partial charge < -0.3 is 9.52 Å². The molecule has 0 aliphatic carbocycles. The summed E-state index contributed by atoms with van der Waals surface area (Å²) >= 11 is 0. The van der Waals surface area contributed by atoms with E-state index in [-0.39, 0.29) is 26.0 Å². The van der Waals surface area contributed by atoms with Crippen molar-refractivity contribution in [1.29, 1.82) is 0 Å². The minimum Gasteiger partial charge on any atom is -0.493 e. The topological polar surface area (TPSA) is 97.8 Å². The van der Waals surface area contributed by atoms with Crippen LogP contribution < -0.4 is 0 Å². The van der Waals surface area contributed by atoms with Crippen LogP contribution in [0.4, 0.5) is 0 Å². The van der Waals surface area contributed by atoms with Crippen molar-refractivity contribution in [3.63, 3.8) is 0 Å². The molecule has 8 aromatic rings. The summed E-state index contributed by atoms with van der Waals surface area (Å²) in [4.78, 5) is 22.1. The Morgan fingerprint density at radius 2 is 1.27 bits per heavy atom. The normalized spacial score (nSPS) is 10.6. The van der Waals surface area contributed by atoms with Gasteiger partial charge in [0.05, 0.1) is 28.3 Å². The molecule has 0 saturated carbocycles. The zero-order valence-electron chi connectivity index (χ0n) is 23.7. The average Bonchev–Trinajstić information content (AvgIpc) is 3.48. The Morgan fingerprint density at radius 3 is 2.02 bits per heavy atom. The monoisotopic (exact) mass is 763 g/mol. The van der Waals surface area contributed by atoms with Crippen molar-refractivity contribution in [2.24, 2.45) is 0 Å². The van der Waals surface area contributed by atoms with Gasteiger partial charge in [0.25, 0.3) is 0 Å². The van der Waals surface area contributed by atoms with Gasteiger partial charge in [-0.25, -0.2) is 9.97 Å². The van der Waals surface area contributed by atoms with E-state index in [1.165, 1.54) is 0 Å². The Labute approximate surface area is 272 Å². The third-order valence-corrected chi connectivity index (χ3v) is 6.99. The van der Waals surface area contributed by atoms with Gasteiger partial charge in [-0.1, -0.05) is 42.5 Å². The van der Waals surface area contributed by atoms with Gasteiger partial charge in [-0.05, 0) is 60.3 Å². The molecule has 0 unspecified atom stereocenters. The first-order valence-corrected chi connectivity index (χ1v) is 14.0. The molecule has 0 spiro atoms. The van der Waals surface area contributed by atoms with Gasteiger partial charge >= 0.3 is 0 Å². The van der Waals surface area contributed by atoms with Crippen LogP contribution in [-0.4, -0.2) is 30.0 Å². The van der Waals surface area contributed by atoms with Crippen molar-refractivity contribution in [3.05, 3.63) is 146 Å². The van der Waals surface area contributed by atoms with E-state index in [1.54, 1.807) is 30.7 Å². The molecule has 1 N–H and O–H groups in total. The Hall–Kier alpha value is -5.56. The fourth-order valence-corrected chi connectivity index (χ4v) is 4.93. The first-order chi connectivity index (χ1) is 21.7. The summed E-state index contributed by atoms with van der Waals surface area (Å²) < 4.78 is 6.11. The van der Waals surface area contributed by atoms with E-state index in [1.807, 2.05) is 103 Å². The van der Waals surface area contributed by atoms with Gasteiger partial charge in [-0.2, -0.15) is 0 Å². The predicted molar refractivity (Wildman–Crippen MR) is 171 cm³/mol. The summed E-state index contributed by atoms with van der Waals surface area (Å²) in [5, 5.41) is 11.9. The molecule has 0 amide bonds. The minimum atomic E-state index is -0.0100. The molecule has 6 aromatic heterocycles. The summed E-state index contributed by atoms with van der Waals surface area (Å²) in [6, 6.07) is 41.7. The second-order valence-corrected chi connectivity index (χ2v) is 9.82. The van der Waals surface area contributed by atoms with Crippen molar-refractivity contribution in [3.8, 4) is 51.2 Å². The van der Waals surface area contributed by atoms with Crippen LogP contribution in [0.15, 0.2) is 144 Å². The number of benzene rings is 2. The fraction of sp³-hybridized carbons (Fsp3) is 0. The van der Waals surface area contributed by atoms with Crippen LogP contribution in [0, 0.1) is 6.07 Å². The zero-order chi connectivity index (χ0) is 29.7. The number of hydrogen-bond donors (Lipinski definition) is 1. The van der Waals surface area contributed by atoms with Gasteiger partial charge in [0, 0.05) is 49.5 Å². The second-order valence-electron chi connectivity index (χ2n) is 9.82. The number of nitrogens with zero attached hydrogens (tertiary/aromatic N) is 5. The molecule has 0 atom stereocenters. The molecule has 0 aliphatic rings. The number of pyridine rings is 5. The summed E-state index contributed by atoms with van der Waals surface area (Å²) in [7, 11) is 0. The van der Waals surface area contributed by atoms with Crippen molar-refractivity contribution >= 4 is 21.9 Å². The van der Waals surface area contributed by atoms with Crippen molar-refractivity contribution in [2.75, 3.05) is 0 Å². The molecule has 0 saturated heterocycles. The fourth-order valence-electron chi connectivity index (χ4n) is 4.93. The van der Waals surface area contributed by atoms with Crippen LogP contribution >= 0.6 is 0 Å². The maximum absolute atomic E-state index is 9.77.